The lowest BCUT2D eigenvalue weighted by Crippen LogP contribution is -2.14. The van der Waals surface area contributed by atoms with Crippen molar-refractivity contribution < 1.29 is 18.7 Å². The summed E-state index contributed by atoms with van der Waals surface area (Å²) in [5, 5.41) is 7.88. The Morgan fingerprint density at radius 3 is 2.68 bits per heavy atom. The molecule has 0 saturated heterocycles. The molecule has 2 N–H and O–H groups in total. The molecular formula is C25H20FN3O3S2. The molecule has 2 amide bonds. The van der Waals surface area contributed by atoms with E-state index in [1.54, 1.807) is 31.4 Å². The number of nitrogens with one attached hydrogen (secondary N) is 2. The van der Waals surface area contributed by atoms with Gasteiger partial charge in [0.1, 0.15) is 11.6 Å². The standard InChI is InChI=1S/C25H20FN3O3S2/c1-32-18-8-4-6-16(12-18)22-14-34-25(28-22)29-23(30)15-33-19-9-5-7-17(13-19)27-24(31)20-10-2-3-11-21(20)26/h2-14H,15H2,1H3,(H,27,31)(H,28,29,30). The molecule has 0 unspecified atom stereocenters. The van der Waals surface area contributed by atoms with Crippen LogP contribution in [0.2, 0.25) is 0 Å². The Balaban J connectivity index is 1.32. The molecule has 1 heterocycles. The zero-order valence-electron chi connectivity index (χ0n) is 18.1. The number of hydrogen-bond acceptors (Lipinski definition) is 6. The zero-order valence-corrected chi connectivity index (χ0v) is 19.7. The summed E-state index contributed by atoms with van der Waals surface area (Å²) in [7, 11) is 1.61. The van der Waals surface area contributed by atoms with Crippen LogP contribution < -0.4 is 15.4 Å². The minimum atomic E-state index is -0.584. The van der Waals surface area contributed by atoms with Crippen LogP contribution in [-0.2, 0) is 4.79 Å². The molecule has 0 aliphatic rings. The maximum Gasteiger partial charge on any atom is 0.258 e. The molecule has 34 heavy (non-hydrogen) atoms. The Kier molecular flexibility index (Phi) is 7.56. The molecule has 0 aliphatic carbocycles. The summed E-state index contributed by atoms with van der Waals surface area (Å²) >= 11 is 2.66. The summed E-state index contributed by atoms with van der Waals surface area (Å²) in [6.45, 7) is 0. The fraction of sp³-hybridized carbons (Fsp3) is 0.0800. The van der Waals surface area contributed by atoms with E-state index in [9.17, 15) is 14.0 Å². The third-order valence-electron chi connectivity index (χ3n) is 4.70. The summed E-state index contributed by atoms with van der Waals surface area (Å²) in [6.07, 6.45) is 0. The van der Waals surface area contributed by atoms with Gasteiger partial charge >= 0.3 is 0 Å². The van der Waals surface area contributed by atoms with E-state index in [0.717, 1.165) is 21.9 Å². The van der Waals surface area contributed by atoms with Crippen LogP contribution in [0.15, 0.2) is 83.1 Å². The van der Waals surface area contributed by atoms with Crippen LogP contribution in [0.5, 0.6) is 5.75 Å². The zero-order chi connectivity index (χ0) is 23.9. The first-order chi connectivity index (χ1) is 16.5. The predicted molar refractivity (Wildman–Crippen MR) is 134 cm³/mol. The van der Waals surface area contributed by atoms with Gasteiger partial charge in [-0.05, 0) is 42.5 Å². The first kappa shape index (κ1) is 23.5. The van der Waals surface area contributed by atoms with Crippen LogP contribution in [0.4, 0.5) is 15.2 Å². The van der Waals surface area contributed by atoms with E-state index in [1.165, 1.54) is 41.3 Å². The third-order valence-corrected chi connectivity index (χ3v) is 6.45. The van der Waals surface area contributed by atoms with Crippen molar-refractivity contribution in [1.29, 1.82) is 0 Å². The van der Waals surface area contributed by atoms with Crippen LogP contribution in [0, 0.1) is 5.82 Å². The van der Waals surface area contributed by atoms with Crippen molar-refractivity contribution in [3.8, 4) is 17.0 Å². The van der Waals surface area contributed by atoms with E-state index < -0.39 is 11.7 Å². The van der Waals surface area contributed by atoms with Crippen molar-refractivity contribution in [2.45, 2.75) is 4.90 Å². The molecule has 0 bridgehead atoms. The molecule has 0 saturated carbocycles. The van der Waals surface area contributed by atoms with Gasteiger partial charge in [-0.1, -0.05) is 30.3 Å². The molecule has 4 aromatic rings. The van der Waals surface area contributed by atoms with Crippen LogP contribution in [-0.4, -0.2) is 29.7 Å². The van der Waals surface area contributed by atoms with Gasteiger partial charge in [-0.3, -0.25) is 9.59 Å². The van der Waals surface area contributed by atoms with E-state index in [4.69, 9.17) is 4.74 Å². The monoisotopic (exact) mass is 493 g/mol. The predicted octanol–water partition coefficient (Wildman–Crippen LogP) is 5.94. The average molecular weight is 494 g/mol. The molecule has 0 aliphatic heterocycles. The van der Waals surface area contributed by atoms with Gasteiger partial charge < -0.3 is 15.4 Å². The van der Waals surface area contributed by atoms with Crippen molar-refractivity contribution >= 4 is 45.7 Å². The van der Waals surface area contributed by atoms with E-state index in [0.29, 0.717) is 10.8 Å². The second-order valence-electron chi connectivity index (χ2n) is 7.07. The van der Waals surface area contributed by atoms with Gasteiger partial charge in [0.25, 0.3) is 5.91 Å². The molecule has 1 aromatic heterocycles. The molecule has 172 valence electrons. The molecular weight excluding hydrogens is 473 g/mol. The third kappa shape index (κ3) is 6.00. The van der Waals surface area contributed by atoms with E-state index >= 15 is 0 Å². The fourth-order valence-electron chi connectivity index (χ4n) is 3.06. The highest BCUT2D eigenvalue weighted by Crippen LogP contribution is 2.28. The first-order valence-corrected chi connectivity index (χ1v) is 12.1. The lowest BCUT2D eigenvalue weighted by Gasteiger charge is -2.08. The summed E-state index contributed by atoms with van der Waals surface area (Å²) in [5.41, 5.74) is 2.14. The van der Waals surface area contributed by atoms with E-state index in [1.807, 2.05) is 35.7 Å². The Morgan fingerprint density at radius 2 is 1.85 bits per heavy atom. The van der Waals surface area contributed by atoms with Crippen LogP contribution in [0.25, 0.3) is 11.3 Å². The van der Waals surface area contributed by atoms with Gasteiger partial charge in [0.15, 0.2) is 5.13 Å². The molecule has 0 fully saturated rings. The number of hydrogen-bond donors (Lipinski definition) is 2. The molecule has 3 aromatic carbocycles. The van der Waals surface area contributed by atoms with Crippen LogP contribution in [0.1, 0.15) is 10.4 Å². The van der Waals surface area contributed by atoms with Crippen molar-refractivity contribution in [3.63, 3.8) is 0 Å². The molecule has 0 atom stereocenters. The Bertz CT molecular complexity index is 1330. The quantitative estimate of drug-likeness (QED) is 0.297. The number of methoxy groups -OCH3 is 1. The van der Waals surface area contributed by atoms with Crippen molar-refractivity contribution in [2.24, 2.45) is 0 Å². The van der Waals surface area contributed by atoms with Gasteiger partial charge in [-0.15, -0.1) is 23.1 Å². The second-order valence-corrected chi connectivity index (χ2v) is 8.98. The topological polar surface area (TPSA) is 80.3 Å². The van der Waals surface area contributed by atoms with E-state index in [-0.39, 0.29) is 17.2 Å². The Labute approximate surface area is 204 Å². The minimum Gasteiger partial charge on any atom is -0.497 e. The van der Waals surface area contributed by atoms with Gasteiger partial charge in [0.2, 0.25) is 5.91 Å². The number of ether oxygens (including phenoxy) is 1. The van der Waals surface area contributed by atoms with Crippen molar-refractivity contribution in [1.82, 2.24) is 4.98 Å². The molecule has 0 radical (unpaired) electrons. The maximum absolute atomic E-state index is 13.8. The van der Waals surface area contributed by atoms with Gasteiger partial charge in [0, 0.05) is 21.5 Å². The number of carbonyl (C=O) groups is 2. The lowest BCUT2D eigenvalue weighted by atomic mass is 10.2. The average Bonchev–Trinajstić information content (AvgIpc) is 3.31. The highest BCUT2D eigenvalue weighted by Gasteiger charge is 2.12. The SMILES string of the molecule is COc1cccc(-c2csc(NC(=O)CSc3cccc(NC(=O)c4ccccc4F)c3)n2)c1. The van der Waals surface area contributed by atoms with Crippen LogP contribution >= 0.6 is 23.1 Å². The second kappa shape index (κ2) is 11.0. The number of thiazole rings is 1. The minimum absolute atomic E-state index is 0.0308. The number of halogens is 1. The number of rotatable bonds is 8. The number of amides is 2. The number of nitrogens with zero attached hydrogens (tertiary/aromatic N) is 1. The normalized spacial score (nSPS) is 10.5. The maximum atomic E-state index is 13.8. The van der Waals surface area contributed by atoms with E-state index in [2.05, 4.69) is 15.6 Å². The molecule has 4 rings (SSSR count). The fourth-order valence-corrected chi connectivity index (χ4v) is 4.55. The smallest absolute Gasteiger partial charge is 0.258 e. The summed E-state index contributed by atoms with van der Waals surface area (Å²) < 4.78 is 19.1. The number of anilines is 2. The Morgan fingerprint density at radius 1 is 1.03 bits per heavy atom. The number of aromatic nitrogens is 1. The molecule has 9 heteroatoms. The Hall–Kier alpha value is -3.69. The lowest BCUT2D eigenvalue weighted by molar-refractivity contribution is -0.113. The van der Waals surface area contributed by atoms with Crippen molar-refractivity contribution in [3.05, 3.63) is 89.6 Å². The highest BCUT2D eigenvalue weighted by molar-refractivity contribution is 8.00. The first-order valence-electron chi connectivity index (χ1n) is 10.2. The number of thioether (sulfide) groups is 1. The summed E-state index contributed by atoms with van der Waals surface area (Å²) in [5.74, 6) is -0.414. The number of carbonyl (C=O) groups excluding carboxylic acids is 2. The van der Waals surface area contributed by atoms with Crippen LogP contribution in [0.3, 0.4) is 0 Å². The van der Waals surface area contributed by atoms with Crippen molar-refractivity contribution in [2.75, 3.05) is 23.5 Å². The summed E-state index contributed by atoms with van der Waals surface area (Å²) in [4.78, 5) is 30.0. The molecule has 6 nitrogen and oxygen atoms in total. The largest absolute Gasteiger partial charge is 0.497 e. The summed E-state index contributed by atoms with van der Waals surface area (Å²) in [6, 6.07) is 20.4. The highest BCUT2D eigenvalue weighted by atomic mass is 32.2. The van der Waals surface area contributed by atoms with Gasteiger partial charge in [-0.2, -0.15) is 0 Å². The van der Waals surface area contributed by atoms with Gasteiger partial charge in [0.05, 0.1) is 24.1 Å². The molecule has 0 spiro atoms. The van der Waals surface area contributed by atoms with Gasteiger partial charge in [-0.25, -0.2) is 9.37 Å². The number of benzene rings is 3.